The molecular weight excluding hydrogens is 212 g/mol. The summed E-state index contributed by atoms with van der Waals surface area (Å²) in [5.74, 6) is 0. The SMILES string of the molecule is CCCCCN(C)CCNCCOCCCC. The van der Waals surface area contributed by atoms with Gasteiger partial charge in [0.1, 0.15) is 0 Å². The molecule has 0 aromatic rings. The largest absolute Gasteiger partial charge is 0.380 e. The number of nitrogens with zero attached hydrogens (tertiary/aromatic N) is 1. The molecule has 0 unspecified atom stereocenters. The van der Waals surface area contributed by atoms with E-state index in [4.69, 9.17) is 4.74 Å². The Morgan fingerprint density at radius 3 is 2.35 bits per heavy atom. The molecule has 0 aromatic carbocycles. The summed E-state index contributed by atoms with van der Waals surface area (Å²) >= 11 is 0. The van der Waals surface area contributed by atoms with Gasteiger partial charge in [-0.3, -0.25) is 0 Å². The molecule has 0 amide bonds. The number of nitrogens with one attached hydrogen (secondary N) is 1. The molecule has 104 valence electrons. The van der Waals surface area contributed by atoms with Crippen molar-refractivity contribution in [3.05, 3.63) is 0 Å². The highest BCUT2D eigenvalue weighted by molar-refractivity contribution is 4.55. The van der Waals surface area contributed by atoms with E-state index in [9.17, 15) is 0 Å². The quantitative estimate of drug-likeness (QED) is 0.504. The van der Waals surface area contributed by atoms with E-state index in [2.05, 4.69) is 31.1 Å². The molecule has 0 radical (unpaired) electrons. The average Bonchev–Trinajstić information content (AvgIpc) is 2.33. The van der Waals surface area contributed by atoms with Crippen LogP contribution in [0.5, 0.6) is 0 Å². The van der Waals surface area contributed by atoms with E-state index in [1.54, 1.807) is 0 Å². The Labute approximate surface area is 108 Å². The second-order valence-corrected chi connectivity index (χ2v) is 4.73. The molecule has 0 heterocycles. The van der Waals surface area contributed by atoms with E-state index < -0.39 is 0 Å². The van der Waals surface area contributed by atoms with Gasteiger partial charge in [-0.1, -0.05) is 33.1 Å². The number of hydrogen-bond donors (Lipinski definition) is 1. The first-order valence-electron chi connectivity index (χ1n) is 7.28. The van der Waals surface area contributed by atoms with Gasteiger partial charge < -0.3 is 15.0 Å². The molecule has 0 aliphatic rings. The first kappa shape index (κ1) is 16.9. The molecule has 3 nitrogen and oxygen atoms in total. The minimum absolute atomic E-state index is 0.847. The van der Waals surface area contributed by atoms with Crippen molar-refractivity contribution in [2.24, 2.45) is 0 Å². The van der Waals surface area contributed by atoms with E-state index in [1.807, 2.05) is 0 Å². The first-order chi connectivity index (χ1) is 8.31. The number of rotatable bonds is 13. The maximum atomic E-state index is 5.48. The normalized spacial score (nSPS) is 11.3. The zero-order valence-corrected chi connectivity index (χ0v) is 12.1. The Kier molecular flexibility index (Phi) is 13.8. The van der Waals surface area contributed by atoms with Crippen molar-refractivity contribution in [3.63, 3.8) is 0 Å². The standard InChI is InChI=1S/C14H32N2O/c1-4-6-8-11-16(3)12-9-15-10-14-17-13-7-5-2/h15H,4-14H2,1-3H3. The highest BCUT2D eigenvalue weighted by Crippen LogP contribution is 1.95. The maximum Gasteiger partial charge on any atom is 0.0590 e. The Morgan fingerprint density at radius 2 is 1.65 bits per heavy atom. The van der Waals surface area contributed by atoms with Crippen molar-refractivity contribution < 1.29 is 4.74 Å². The van der Waals surface area contributed by atoms with Crippen LogP contribution >= 0.6 is 0 Å². The highest BCUT2D eigenvalue weighted by atomic mass is 16.5. The van der Waals surface area contributed by atoms with Crippen molar-refractivity contribution in [1.82, 2.24) is 10.2 Å². The molecule has 0 bridgehead atoms. The Bertz CT molecular complexity index is 142. The third kappa shape index (κ3) is 13.8. The van der Waals surface area contributed by atoms with E-state index in [0.29, 0.717) is 0 Å². The summed E-state index contributed by atoms with van der Waals surface area (Å²) in [5.41, 5.74) is 0. The van der Waals surface area contributed by atoms with Crippen molar-refractivity contribution in [1.29, 1.82) is 0 Å². The molecular formula is C14H32N2O. The van der Waals surface area contributed by atoms with Crippen LogP contribution in [0.3, 0.4) is 0 Å². The fraction of sp³-hybridized carbons (Fsp3) is 1.00. The smallest absolute Gasteiger partial charge is 0.0590 e. The van der Waals surface area contributed by atoms with Crippen molar-refractivity contribution >= 4 is 0 Å². The van der Waals surface area contributed by atoms with Crippen LogP contribution in [-0.4, -0.2) is 51.3 Å². The number of likely N-dealkylation sites (N-methyl/N-ethyl adjacent to an activating group) is 1. The van der Waals surface area contributed by atoms with Gasteiger partial charge in [-0.2, -0.15) is 0 Å². The van der Waals surface area contributed by atoms with E-state index in [0.717, 1.165) is 32.8 Å². The van der Waals surface area contributed by atoms with Crippen LogP contribution in [0.4, 0.5) is 0 Å². The van der Waals surface area contributed by atoms with Gasteiger partial charge in [0.25, 0.3) is 0 Å². The Balaban J connectivity index is 3.05. The van der Waals surface area contributed by atoms with Gasteiger partial charge in [-0.05, 0) is 26.4 Å². The van der Waals surface area contributed by atoms with Gasteiger partial charge in [0.15, 0.2) is 0 Å². The summed E-state index contributed by atoms with van der Waals surface area (Å²) in [5, 5.41) is 3.42. The lowest BCUT2D eigenvalue weighted by atomic mass is 10.2. The average molecular weight is 244 g/mol. The van der Waals surface area contributed by atoms with Gasteiger partial charge >= 0.3 is 0 Å². The van der Waals surface area contributed by atoms with Crippen LogP contribution in [0.2, 0.25) is 0 Å². The second kappa shape index (κ2) is 13.9. The molecule has 0 aliphatic carbocycles. The molecule has 17 heavy (non-hydrogen) atoms. The lowest BCUT2D eigenvalue weighted by Crippen LogP contribution is -2.31. The summed E-state index contributed by atoms with van der Waals surface area (Å²) in [4.78, 5) is 2.40. The summed E-state index contributed by atoms with van der Waals surface area (Å²) < 4.78 is 5.48. The first-order valence-corrected chi connectivity index (χ1v) is 7.28. The lowest BCUT2D eigenvalue weighted by Gasteiger charge is -2.16. The molecule has 0 saturated heterocycles. The minimum atomic E-state index is 0.847. The van der Waals surface area contributed by atoms with Crippen LogP contribution in [0, 0.1) is 0 Å². The van der Waals surface area contributed by atoms with Crippen molar-refractivity contribution in [2.45, 2.75) is 46.0 Å². The predicted molar refractivity (Wildman–Crippen MR) is 75.6 cm³/mol. The lowest BCUT2D eigenvalue weighted by molar-refractivity contribution is 0.132. The maximum absolute atomic E-state index is 5.48. The van der Waals surface area contributed by atoms with Gasteiger partial charge in [-0.15, -0.1) is 0 Å². The third-order valence-corrected chi connectivity index (χ3v) is 2.88. The molecule has 0 spiro atoms. The van der Waals surface area contributed by atoms with Crippen LogP contribution in [-0.2, 0) is 4.74 Å². The van der Waals surface area contributed by atoms with Crippen molar-refractivity contribution in [2.75, 3.05) is 46.4 Å². The van der Waals surface area contributed by atoms with E-state index in [1.165, 1.54) is 38.6 Å². The minimum Gasteiger partial charge on any atom is -0.380 e. The Morgan fingerprint density at radius 1 is 0.882 bits per heavy atom. The third-order valence-electron chi connectivity index (χ3n) is 2.88. The number of hydrogen-bond acceptors (Lipinski definition) is 3. The molecule has 0 rings (SSSR count). The Hall–Kier alpha value is -0.120. The summed E-state index contributed by atoms with van der Waals surface area (Å²) in [6.45, 7) is 10.6. The second-order valence-electron chi connectivity index (χ2n) is 4.73. The van der Waals surface area contributed by atoms with Crippen LogP contribution < -0.4 is 5.32 Å². The summed E-state index contributed by atoms with van der Waals surface area (Å²) in [6, 6.07) is 0. The monoisotopic (exact) mass is 244 g/mol. The summed E-state index contributed by atoms with van der Waals surface area (Å²) in [7, 11) is 2.20. The van der Waals surface area contributed by atoms with Gasteiger partial charge in [0, 0.05) is 26.2 Å². The van der Waals surface area contributed by atoms with Crippen LogP contribution in [0.15, 0.2) is 0 Å². The van der Waals surface area contributed by atoms with Crippen LogP contribution in [0.25, 0.3) is 0 Å². The fourth-order valence-corrected chi connectivity index (χ4v) is 1.63. The molecule has 0 saturated carbocycles. The van der Waals surface area contributed by atoms with Crippen LogP contribution in [0.1, 0.15) is 46.0 Å². The zero-order chi connectivity index (χ0) is 12.8. The molecule has 0 atom stereocenters. The molecule has 0 fully saturated rings. The number of unbranched alkanes of at least 4 members (excludes halogenated alkanes) is 3. The molecule has 0 aromatic heterocycles. The molecule has 1 N–H and O–H groups in total. The van der Waals surface area contributed by atoms with Gasteiger partial charge in [-0.25, -0.2) is 0 Å². The molecule has 3 heteroatoms. The number of ether oxygens (including phenoxy) is 1. The predicted octanol–water partition coefficient (Wildman–Crippen LogP) is 2.51. The molecule has 0 aliphatic heterocycles. The summed E-state index contributed by atoms with van der Waals surface area (Å²) in [6.07, 6.45) is 6.38. The zero-order valence-electron chi connectivity index (χ0n) is 12.1. The topological polar surface area (TPSA) is 24.5 Å². The van der Waals surface area contributed by atoms with E-state index in [-0.39, 0.29) is 0 Å². The fourth-order valence-electron chi connectivity index (χ4n) is 1.63. The van der Waals surface area contributed by atoms with E-state index >= 15 is 0 Å². The van der Waals surface area contributed by atoms with Gasteiger partial charge in [0.05, 0.1) is 6.61 Å². The van der Waals surface area contributed by atoms with Gasteiger partial charge in [0.2, 0.25) is 0 Å². The van der Waals surface area contributed by atoms with Crippen molar-refractivity contribution in [3.8, 4) is 0 Å². The highest BCUT2D eigenvalue weighted by Gasteiger charge is 1.96.